The zero-order chi connectivity index (χ0) is 44.1. The van der Waals surface area contributed by atoms with Crippen LogP contribution in [0.5, 0.6) is 0 Å². The van der Waals surface area contributed by atoms with Gasteiger partial charge in [0.15, 0.2) is 0 Å². The van der Waals surface area contributed by atoms with Crippen molar-refractivity contribution in [1.82, 2.24) is 0 Å². The molecule has 60 heavy (non-hydrogen) atoms. The maximum absolute atomic E-state index is 12.7. The van der Waals surface area contributed by atoms with E-state index in [0.29, 0.717) is 24.1 Å². The summed E-state index contributed by atoms with van der Waals surface area (Å²) in [6.45, 7) is 5.32. The Morgan fingerprint density at radius 2 is 0.967 bits per heavy atom. The van der Waals surface area contributed by atoms with Crippen LogP contribution in [0.2, 0.25) is 0 Å². The lowest BCUT2D eigenvalue weighted by Crippen LogP contribution is -2.37. The third-order valence-corrected chi connectivity index (χ3v) is 11.9. The molecule has 0 saturated carbocycles. The Balaban J connectivity index is 4.13. The highest BCUT2D eigenvalue weighted by Gasteiger charge is 2.20. The first-order valence-electron chi connectivity index (χ1n) is 25.2. The molecule has 2 unspecified atom stereocenters. The van der Waals surface area contributed by atoms with Crippen molar-refractivity contribution in [2.45, 2.75) is 232 Å². The third-order valence-electron chi connectivity index (χ3n) is 11.0. The molecule has 0 aromatic rings. The normalized spacial score (nSPS) is 13.9. The van der Waals surface area contributed by atoms with Gasteiger partial charge in [-0.15, -0.1) is 0 Å². The number of allylic oxidation sites excluding steroid dienone is 6. The Bertz CT molecular complexity index is 1060. The molecule has 0 aromatic heterocycles. The second-order valence-electron chi connectivity index (χ2n) is 18.2. The molecule has 8 nitrogen and oxygen atoms in total. The predicted molar refractivity (Wildman–Crippen MR) is 254 cm³/mol. The fourth-order valence-electron chi connectivity index (χ4n) is 7.09. The fourth-order valence-corrected chi connectivity index (χ4v) is 7.82. The Morgan fingerprint density at radius 1 is 0.533 bits per heavy atom. The summed E-state index contributed by atoms with van der Waals surface area (Å²) in [5, 5.41) is 0. The molecule has 0 spiro atoms. The van der Waals surface area contributed by atoms with Gasteiger partial charge >= 0.3 is 5.97 Å². The van der Waals surface area contributed by atoms with E-state index < -0.39 is 13.9 Å². The van der Waals surface area contributed by atoms with E-state index in [1.807, 2.05) is 21.1 Å². The summed E-state index contributed by atoms with van der Waals surface area (Å²) in [5.74, 6) is -0.333. The lowest BCUT2D eigenvalue weighted by molar-refractivity contribution is -0.870. The summed E-state index contributed by atoms with van der Waals surface area (Å²) in [4.78, 5) is 25.2. The SMILES string of the molecule is CC/C=C\C/C=C\C/C=C\CCCCCCCCCCOCC(COP(=O)([O-])OCC[N+](C)(C)C)OC(=O)CCCCCCCCCCCCCCCCCCCCCC. The number of ether oxygens (including phenoxy) is 2. The first-order valence-corrected chi connectivity index (χ1v) is 26.7. The lowest BCUT2D eigenvalue weighted by Gasteiger charge is -2.28. The fraction of sp³-hybridized carbons (Fsp3) is 0.863. The van der Waals surface area contributed by atoms with Gasteiger partial charge < -0.3 is 27.9 Å². The molecular weight excluding hydrogens is 770 g/mol. The zero-order valence-corrected chi connectivity index (χ0v) is 41.1. The quantitative estimate of drug-likeness (QED) is 0.0198. The van der Waals surface area contributed by atoms with Crippen molar-refractivity contribution >= 4 is 13.8 Å². The average molecular weight is 868 g/mol. The molecule has 0 radical (unpaired) electrons. The van der Waals surface area contributed by atoms with Crippen LogP contribution < -0.4 is 4.89 Å². The molecule has 0 aliphatic rings. The standard InChI is InChI=1S/C51H98NO7P/c1-6-8-10-12-14-16-18-20-22-24-26-27-28-30-32-34-36-38-40-42-44-51(53)59-50(49-58-60(54,55)57-47-45-52(3,4)5)48-56-46-43-41-39-37-35-33-31-29-25-23-21-19-17-15-13-11-9-7-2/h9,11,15,17,21,23,50H,6-8,10,12-14,16,18-20,22,24-49H2,1-5H3/b11-9-,17-15-,23-21-. The highest BCUT2D eigenvalue weighted by atomic mass is 31.2. The number of phosphoric acid groups is 1. The van der Waals surface area contributed by atoms with Crippen LogP contribution in [-0.4, -0.2) is 70.7 Å². The number of carbonyl (C=O) groups excluding carboxylic acids is 1. The molecule has 0 aliphatic heterocycles. The molecule has 0 fully saturated rings. The van der Waals surface area contributed by atoms with Gasteiger partial charge in [-0.05, 0) is 44.9 Å². The van der Waals surface area contributed by atoms with E-state index in [1.54, 1.807) is 0 Å². The van der Waals surface area contributed by atoms with Gasteiger partial charge in [0.2, 0.25) is 0 Å². The summed E-state index contributed by atoms with van der Waals surface area (Å²) < 4.78 is 34.7. The summed E-state index contributed by atoms with van der Waals surface area (Å²) in [6.07, 6.45) is 53.1. The molecule has 0 heterocycles. The van der Waals surface area contributed by atoms with Gasteiger partial charge in [0, 0.05) is 13.0 Å². The highest BCUT2D eigenvalue weighted by molar-refractivity contribution is 7.45. The average Bonchev–Trinajstić information content (AvgIpc) is 3.20. The van der Waals surface area contributed by atoms with Crippen LogP contribution in [0.25, 0.3) is 0 Å². The second kappa shape index (κ2) is 44.3. The van der Waals surface area contributed by atoms with Crippen molar-refractivity contribution < 1.29 is 37.3 Å². The van der Waals surface area contributed by atoms with Gasteiger partial charge in [-0.2, -0.15) is 0 Å². The minimum absolute atomic E-state index is 0.0256. The molecule has 0 amide bonds. The van der Waals surface area contributed by atoms with Crippen LogP contribution in [0, 0.1) is 0 Å². The molecule has 0 rings (SSSR count). The highest BCUT2D eigenvalue weighted by Crippen LogP contribution is 2.38. The third kappa shape index (κ3) is 47.8. The number of unbranched alkanes of at least 4 members (excludes halogenated alkanes) is 27. The van der Waals surface area contributed by atoms with Gasteiger partial charge in [-0.3, -0.25) is 9.36 Å². The number of hydrogen-bond donors (Lipinski definition) is 0. The first-order chi connectivity index (χ1) is 29.1. The van der Waals surface area contributed by atoms with E-state index in [2.05, 4.69) is 50.3 Å². The maximum atomic E-state index is 12.7. The first kappa shape index (κ1) is 58.7. The molecule has 0 aliphatic carbocycles. The number of rotatable bonds is 47. The van der Waals surface area contributed by atoms with Crippen molar-refractivity contribution in [3.05, 3.63) is 36.5 Å². The molecule has 0 saturated heterocycles. The van der Waals surface area contributed by atoms with Crippen LogP contribution in [0.1, 0.15) is 226 Å². The number of quaternary nitrogens is 1. The smallest absolute Gasteiger partial charge is 0.306 e. The van der Waals surface area contributed by atoms with Crippen molar-refractivity contribution in [3.8, 4) is 0 Å². The monoisotopic (exact) mass is 868 g/mol. The Labute approximate surface area is 372 Å². The Hall–Kier alpha value is -1.28. The molecule has 0 N–H and O–H groups in total. The lowest BCUT2D eigenvalue weighted by atomic mass is 10.0. The number of nitrogens with zero attached hydrogens (tertiary/aromatic N) is 1. The van der Waals surface area contributed by atoms with Crippen molar-refractivity contribution in [2.75, 3.05) is 54.1 Å². The van der Waals surface area contributed by atoms with Gasteiger partial charge in [-0.25, -0.2) is 0 Å². The Morgan fingerprint density at radius 3 is 1.45 bits per heavy atom. The number of phosphoric ester groups is 1. The molecule has 9 heteroatoms. The van der Waals surface area contributed by atoms with E-state index in [0.717, 1.165) is 57.8 Å². The second-order valence-corrected chi connectivity index (χ2v) is 19.6. The number of likely N-dealkylation sites (N-methyl/N-ethyl adjacent to an activating group) is 1. The Kier molecular flexibility index (Phi) is 43.4. The van der Waals surface area contributed by atoms with Crippen molar-refractivity contribution in [3.63, 3.8) is 0 Å². The van der Waals surface area contributed by atoms with E-state index in [9.17, 15) is 14.3 Å². The predicted octanol–water partition coefficient (Wildman–Crippen LogP) is 14.7. The molecule has 0 bridgehead atoms. The maximum Gasteiger partial charge on any atom is 0.306 e. The zero-order valence-electron chi connectivity index (χ0n) is 40.2. The van der Waals surface area contributed by atoms with Crippen molar-refractivity contribution in [1.29, 1.82) is 0 Å². The van der Waals surface area contributed by atoms with E-state index >= 15 is 0 Å². The van der Waals surface area contributed by atoms with Crippen LogP contribution >= 0.6 is 7.82 Å². The molecular formula is C51H98NO7P. The van der Waals surface area contributed by atoms with Crippen molar-refractivity contribution in [2.24, 2.45) is 0 Å². The summed E-state index contributed by atoms with van der Waals surface area (Å²) >= 11 is 0. The van der Waals surface area contributed by atoms with E-state index in [-0.39, 0.29) is 25.8 Å². The van der Waals surface area contributed by atoms with Crippen LogP contribution in [-0.2, 0) is 27.9 Å². The topological polar surface area (TPSA) is 94.1 Å². The van der Waals surface area contributed by atoms with Gasteiger partial charge in [0.1, 0.15) is 19.3 Å². The number of esters is 1. The van der Waals surface area contributed by atoms with Gasteiger partial charge in [0.05, 0.1) is 34.4 Å². The van der Waals surface area contributed by atoms with Crippen LogP contribution in [0.15, 0.2) is 36.5 Å². The van der Waals surface area contributed by atoms with Gasteiger partial charge in [-0.1, -0.05) is 211 Å². The number of carbonyl (C=O) groups is 1. The van der Waals surface area contributed by atoms with E-state index in [1.165, 1.54) is 148 Å². The molecule has 2 atom stereocenters. The van der Waals surface area contributed by atoms with Crippen LogP contribution in [0.4, 0.5) is 0 Å². The number of hydrogen-bond acceptors (Lipinski definition) is 7. The summed E-state index contributed by atoms with van der Waals surface area (Å²) in [7, 11) is 1.36. The largest absolute Gasteiger partial charge is 0.756 e. The van der Waals surface area contributed by atoms with Crippen LogP contribution in [0.3, 0.4) is 0 Å². The molecule has 354 valence electrons. The summed E-state index contributed by atoms with van der Waals surface area (Å²) in [5.41, 5.74) is 0. The van der Waals surface area contributed by atoms with Gasteiger partial charge in [0.25, 0.3) is 7.82 Å². The minimum atomic E-state index is -4.53. The minimum Gasteiger partial charge on any atom is -0.756 e. The van der Waals surface area contributed by atoms with E-state index in [4.69, 9.17) is 18.5 Å². The summed E-state index contributed by atoms with van der Waals surface area (Å²) in [6, 6.07) is 0. The molecule has 0 aromatic carbocycles.